The van der Waals surface area contributed by atoms with Crippen molar-refractivity contribution in [3.05, 3.63) is 12.2 Å². The molecule has 0 aromatic heterocycles. The van der Waals surface area contributed by atoms with E-state index in [0.717, 1.165) is 0 Å². The molecule has 4 nitrogen and oxygen atoms in total. The van der Waals surface area contributed by atoms with E-state index in [2.05, 4.69) is 0 Å². The number of likely N-dealkylation sites (N-methyl/N-ethyl adjacent to an activating group) is 1. The van der Waals surface area contributed by atoms with Crippen LogP contribution in [-0.2, 0) is 9.59 Å². The van der Waals surface area contributed by atoms with Crippen molar-refractivity contribution in [1.29, 1.82) is 0 Å². The molecule has 0 radical (unpaired) electrons. The molecule has 1 fully saturated rings. The summed E-state index contributed by atoms with van der Waals surface area (Å²) >= 11 is 0. The van der Waals surface area contributed by atoms with Crippen molar-refractivity contribution in [2.75, 3.05) is 26.7 Å². The molecule has 1 saturated heterocycles. The first-order chi connectivity index (χ1) is 6.15. The first-order valence-electron chi connectivity index (χ1n) is 4.30. The highest BCUT2D eigenvalue weighted by atomic mass is 16.2. The van der Waals surface area contributed by atoms with Gasteiger partial charge < -0.3 is 9.80 Å². The lowest BCUT2D eigenvalue weighted by Crippen LogP contribution is -2.50. The molecule has 0 unspecified atom stereocenters. The predicted molar refractivity (Wildman–Crippen MR) is 49.0 cm³/mol. The molecule has 1 heterocycles. The average molecular weight is 182 g/mol. The molecular formula is C9H14N2O2. The standard InChI is InChI=1S/C9H14N2O2/c1-3-4-8(12)11-6-5-10(2)9(13)7-11/h3-4H,5-7H2,1-2H3. The maximum absolute atomic E-state index is 11.3. The van der Waals surface area contributed by atoms with Gasteiger partial charge in [-0.2, -0.15) is 0 Å². The fraction of sp³-hybridized carbons (Fsp3) is 0.556. The lowest BCUT2D eigenvalue weighted by atomic mass is 10.3. The second-order valence-electron chi connectivity index (χ2n) is 3.08. The lowest BCUT2D eigenvalue weighted by Gasteiger charge is -2.31. The predicted octanol–water partition coefficient (Wildman–Crippen LogP) is -0.137. The summed E-state index contributed by atoms with van der Waals surface area (Å²) in [6.07, 6.45) is 3.17. The van der Waals surface area contributed by atoms with E-state index >= 15 is 0 Å². The third-order valence-electron chi connectivity index (χ3n) is 2.08. The van der Waals surface area contributed by atoms with Gasteiger partial charge in [0.2, 0.25) is 11.8 Å². The number of piperazine rings is 1. The minimum Gasteiger partial charge on any atom is -0.342 e. The van der Waals surface area contributed by atoms with Crippen LogP contribution in [0.3, 0.4) is 0 Å². The smallest absolute Gasteiger partial charge is 0.246 e. The van der Waals surface area contributed by atoms with Gasteiger partial charge >= 0.3 is 0 Å². The van der Waals surface area contributed by atoms with E-state index in [0.29, 0.717) is 13.1 Å². The Bertz CT molecular complexity index is 248. The van der Waals surface area contributed by atoms with Gasteiger partial charge in [0.15, 0.2) is 0 Å². The topological polar surface area (TPSA) is 40.6 Å². The van der Waals surface area contributed by atoms with Crippen molar-refractivity contribution in [3.63, 3.8) is 0 Å². The van der Waals surface area contributed by atoms with Gasteiger partial charge in [-0.15, -0.1) is 0 Å². The van der Waals surface area contributed by atoms with Crippen LogP contribution in [0.5, 0.6) is 0 Å². The average Bonchev–Trinajstić information content (AvgIpc) is 2.10. The zero-order valence-electron chi connectivity index (χ0n) is 7.99. The lowest BCUT2D eigenvalue weighted by molar-refractivity contribution is -0.141. The molecule has 72 valence electrons. The Morgan fingerprint density at radius 1 is 1.46 bits per heavy atom. The highest BCUT2D eigenvalue weighted by Crippen LogP contribution is 2.01. The van der Waals surface area contributed by atoms with Crippen LogP contribution in [0.15, 0.2) is 12.2 Å². The zero-order chi connectivity index (χ0) is 9.84. The third-order valence-corrected chi connectivity index (χ3v) is 2.08. The molecule has 0 N–H and O–H groups in total. The Morgan fingerprint density at radius 2 is 2.15 bits per heavy atom. The van der Waals surface area contributed by atoms with Gasteiger partial charge in [-0.1, -0.05) is 6.08 Å². The fourth-order valence-electron chi connectivity index (χ4n) is 1.19. The summed E-state index contributed by atoms with van der Waals surface area (Å²) in [5.41, 5.74) is 0. The van der Waals surface area contributed by atoms with E-state index < -0.39 is 0 Å². The molecule has 1 rings (SSSR count). The Balaban J connectivity index is 2.55. The summed E-state index contributed by atoms with van der Waals surface area (Å²) < 4.78 is 0. The quantitative estimate of drug-likeness (QED) is 0.530. The molecule has 0 saturated carbocycles. The summed E-state index contributed by atoms with van der Waals surface area (Å²) in [7, 11) is 1.75. The van der Waals surface area contributed by atoms with Crippen LogP contribution < -0.4 is 0 Å². The highest BCUT2D eigenvalue weighted by molar-refractivity contribution is 5.91. The molecule has 0 atom stereocenters. The number of nitrogens with zero attached hydrogens (tertiary/aromatic N) is 2. The van der Waals surface area contributed by atoms with E-state index in [4.69, 9.17) is 0 Å². The van der Waals surface area contributed by atoms with Crippen molar-refractivity contribution >= 4 is 11.8 Å². The largest absolute Gasteiger partial charge is 0.342 e. The molecule has 0 aliphatic carbocycles. The van der Waals surface area contributed by atoms with Crippen LogP contribution >= 0.6 is 0 Å². The van der Waals surface area contributed by atoms with Crippen molar-refractivity contribution in [1.82, 2.24) is 9.80 Å². The number of carbonyl (C=O) groups excluding carboxylic acids is 2. The van der Waals surface area contributed by atoms with Crippen molar-refractivity contribution in [2.45, 2.75) is 6.92 Å². The van der Waals surface area contributed by atoms with E-state index in [-0.39, 0.29) is 18.4 Å². The van der Waals surface area contributed by atoms with Crippen LogP contribution in [0.2, 0.25) is 0 Å². The number of carbonyl (C=O) groups is 2. The fourth-order valence-corrected chi connectivity index (χ4v) is 1.19. The first-order valence-corrected chi connectivity index (χ1v) is 4.30. The van der Waals surface area contributed by atoms with E-state index in [1.165, 1.54) is 6.08 Å². The Kier molecular flexibility index (Phi) is 3.06. The van der Waals surface area contributed by atoms with E-state index in [1.54, 1.807) is 29.8 Å². The molecule has 0 aromatic carbocycles. The summed E-state index contributed by atoms with van der Waals surface area (Å²) in [5.74, 6) is -0.0759. The van der Waals surface area contributed by atoms with Crippen molar-refractivity contribution in [3.8, 4) is 0 Å². The van der Waals surface area contributed by atoms with Crippen molar-refractivity contribution < 1.29 is 9.59 Å². The van der Waals surface area contributed by atoms with Gasteiger partial charge in [0.25, 0.3) is 0 Å². The third kappa shape index (κ3) is 2.31. The van der Waals surface area contributed by atoms with Gasteiger partial charge in [0, 0.05) is 20.1 Å². The molecule has 2 amide bonds. The molecule has 1 aliphatic heterocycles. The minimum absolute atomic E-state index is 0.00380. The molecule has 13 heavy (non-hydrogen) atoms. The summed E-state index contributed by atoms with van der Waals surface area (Å²) in [4.78, 5) is 25.7. The molecule has 0 aromatic rings. The van der Waals surface area contributed by atoms with Crippen LogP contribution in [0, 0.1) is 0 Å². The Labute approximate surface area is 77.8 Å². The van der Waals surface area contributed by atoms with Gasteiger partial charge in [0.1, 0.15) is 6.54 Å². The summed E-state index contributed by atoms with van der Waals surface area (Å²) in [5, 5.41) is 0. The van der Waals surface area contributed by atoms with Crippen LogP contribution in [-0.4, -0.2) is 48.3 Å². The van der Waals surface area contributed by atoms with Crippen LogP contribution in [0.1, 0.15) is 6.92 Å². The number of rotatable bonds is 1. The van der Waals surface area contributed by atoms with E-state index in [9.17, 15) is 9.59 Å². The second-order valence-corrected chi connectivity index (χ2v) is 3.08. The Morgan fingerprint density at radius 3 is 2.69 bits per heavy atom. The summed E-state index contributed by atoms with van der Waals surface area (Å²) in [6.45, 7) is 3.25. The normalized spacial score (nSPS) is 18.5. The first kappa shape index (κ1) is 9.77. The van der Waals surface area contributed by atoms with Gasteiger partial charge in [-0.3, -0.25) is 9.59 Å². The van der Waals surface area contributed by atoms with E-state index in [1.807, 2.05) is 0 Å². The molecule has 0 bridgehead atoms. The van der Waals surface area contributed by atoms with Gasteiger partial charge in [-0.05, 0) is 13.0 Å². The molecular weight excluding hydrogens is 168 g/mol. The molecule has 0 spiro atoms. The SMILES string of the molecule is CC=CC(=O)N1CCN(C)C(=O)C1. The number of allylic oxidation sites excluding steroid dienone is 1. The van der Waals surface area contributed by atoms with Gasteiger partial charge in [0.05, 0.1) is 0 Å². The van der Waals surface area contributed by atoms with Gasteiger partial charge in [-0.25, -0.2) is 0 Å². The summed E-state index contributed by atoms with van der Waals surface area (Å²) in [6, 6.07) is 0. The monoisotopic (exact) mass is 182 g/mol. The molecule has 4 heteroatoms. The van der Waals surface area contributed by atoms with Crippen molar-refractivity contribution in [2.24, 2.45) is 0 Å². The maximum atomic E-state index is 11.3. The number of hydrogen-bond acceptors (Lipinski definition) is 2. The molecule has 1 aliphatic rings. The number of amides is 2. The zero-order valence-corrected chi connectivity index (χ0v) is 7.99. The van der Waals surface area contributed by atoms with Crippen LogP contribution in [0.4, 0.5) is 0 Å². The van der Waals surface area contributed by atoms with Crippen LogP contribution in [0.25, 0.3) is 0 Å². The second kappa shape index (κ2) is 4.07. The number of hydrogen-bond donors (Lipinski definition) is 0. The minimum atomic E-state index is -0.0797. The Hall–Kier alpha value is -1.32. The highest BCUT2D eigenvalue weighted by Gasteiger charge is 2.22. The maximum Gasteiger partial charge on any atom is 0.246 e.